The van der Waals surface area contributed by atoms with Crippen molar-refractivity contribution in [3.05, 3.63) is 0 Å². The molecule has 0 aromatic heterocycles. The summed E-state index contributed by atoms with van der Waals surface area (Å²) in [6, 6.07) is 0. The Hall–Kier alpha value is -0.250. The van der Waals surface area contributed by atoms with E-state index >= 15 is 0 Å². The Balaban J connectivity index is 2.29. The fourth-order valence-electron chi connectivity index (χ4n) is 1.37. The lowest BCUT2D eigenvalue weighted by atomic mass is 10.1. The summed E-state index contributed by atoms with van der Waals surface area (Å²) in [4.78, 5) is 1.47. The minimum absolute atomic E-state index is 0.0891. The molecule has 66 valence electrons. The topological polar surface area (TPSA) is 3.24 Å². The normalized spacial score (nSPS) is 33.5. The number of rotatable bonds is 2. The maximum absolute atomic E-state index is 12.7. The van der Waals surface area contributed by atoms with E-state index in [9.17, 15) is 13.2 Å². The van der Waals surface area contributed by atoms with Crippen LogP contribution in [0.15, 0.2) is 0 Å². The lowest BCUT2D eigenvalue weighted by Gasteiger charge is -2.12. The molecule has 0 aromatic rings. The predicted molar refractivity (Wildman–Crippen MR) is 36.5 cm³/mol. The third kappa shape index (κ3) is 2.36. The van der Waals surface area contributed by atoms with E-state index in [0.29, 0.717) is 6.54 Å². The Morgan fingerprint density at radius 2 is 2.09 bits per heavy atom. The molecule has 0 radical (unpaired) electrons. The van der Waals surface area contributed by atoms with Gasteiger partial charge in [0, 0.05) is 19.0 Å². The molecule has 0 unspecified atom stereocenters. The van der Waals surface area contributed by atoms with Gasteiger partial charge in [0.1, 0.15) is 6.17 Å². The van der Waals surface area contributed by atoms with Crippen LogP contribution in [0, 0.1) is 5.92 Å². The number of alkyl halides is 3. The summed E-state index contributed by atoms with van der Waals surface area (Å²) in [7, 11) is 0. The molecule has 1 rings (SSSR count). The van der Waals surface area contributed by atoms with Crippen molar-refractivity contribution in [1.29, 1.82) is 0 Å². The van der Waals surface area contributed by atoms with Crippen LogP contribution in [0.25, 0.3) is 0 Å². The van der Waals surface area contributed by atoms with E-state index in [-0.39, 0.29) is 19.0 Å². The monoisotopic (exact) mass is 167 g/mol. The van der Waals surface area contributed by atoms with Crippen LogP contribution in [0.5, 0.6) is 0 Å². The highest BCUT2D eigenvalue weighted by Gasteiger charge is 2.30. The van der Waals surface area contributed by atoms with Crippen molar-refractivity contribution in [3.63, 3.8) is 0 Å². The Morgan fingerprint density at radius 3 is 2.45 bits per heavy atom. The second-order valence-corrected chi connectivity index (χ2v) is 3.10. The highest BCUT2D eigenvalue weighted by molar-refractivity contribution is 4.81. The molecule has 1 aliphatic rings. The molecule has 11 heavy (non-hydrogen) atoms. The van der Waals surface area contributed by atoms with Crippen LogP contribution < -0.4 is 0 Å². The largest absolute Gasteiger partial charge is 0.294 e. The summed E-state index contributed by atoms with van der Waals surface area (Å²) in [5.41, 5.74) is 0. The van der Waals surface area contributed by atoms with E-state index in [1.165, 1.54) is 4.90 Å². The maximum atomic E-state index is 12.7. The second kappa shape index (κ2) is 3.43. The van der Waals surface area contributed by atoms with E-state index in [0.717, 1.165) is 0 Å². The molecule has 0 bridgehead atoms. The van der Waals surface area contributed by atoms with Crippen molar-refractivity contribution in [1.82, 2.24) is 4.90 Å². The number of halogens is 3. The zero-order chi connectivity index (χ0) is 8.43. The average Bonchev–Trinajstić information content (AvgIpc) is 2.10. The summed E-state index contributed by atoms with van der Waals surface area (Å²) in [5, 5.41) is 0. The SMILES string of the molecule is C[C@H]1CN(CC(F)F)C[C@H]1F. The van der Waals surface area contributed by atoms with E-state index in [1.54, 1.807) is 6.92 Å². The molecule has 1 aliphatic heterocycles. The first-order valence-corrected chi connectivity index (χ1v) is 3.74. The van der Waals surface area contributed by atoms with Gasteiger partial charge in [-0.15, -0.1) is 0 Å². The fraction of sp³-hybridized carbons (Fsp3) is 1.00. The van der Waals surface area contributed by atoms with Crippen molar-refractivity contribution >= 4 is 0 Å². The third-order valence-corrected chi connectivity index (χ3v) is 1.99. The standard InChI is InChI=1S/C7H12F3N/c1-5-2-11(3-6(5)8)4-7(9)10/h5-7H,2-4H2,1H3/t5-,6+/m0/s1. The van der Waals surface area contributed by atoms with Crippen LogP contribution in [0.1, 0.15) is 6.92 Å². The number of hydrogen-bond acceptors (Lipinski definition) is 1. The Bertz CT molecular complexity index is 116. The molecule has 1 fully saturated rings. The van der Waals surface area contributed by atoms with Crippen molar-refractivity contribution in [2.24, 2.45) is 5.92 Å². The van der Waals surface area contributed by atoms with Crippen LogP contribution in [0.3, 0.4) is 0 Å². The van der Waals surface area contributed by atoms with Crippen molar-refractivity contribution in [3.8, 4) is 0 Å². The lowest BCUT2D eigenvalue weighted by Crippen LogP contribution is -2.26. The van der Waals surface area contributed by atoms with E-state index in [1.807, 2.05) is 0 Å². The van der Waals surface area contributed by atoms with Crippen LogP contribution in [0.2, 0.25) is 0 Å². The van der Waals surface area contributed by atoms with Gasteiger partial charge in [-0.3, -0.25) is 4.90 Å². The van der Waals surface area contributed by atoms with Gasteiger partial charge < -0.3 is 0 Å². The summed E-state index contributed by atoms with van der Waals surface area (Å²) >= 11 is 0. The first kappa shape index (κ1) is 8.84. The van der Waals surface area contributed by atoms with Gasteiger partial charge in [-0.1, -0.05) is 6.92 Å². The molecule has 0 aromatic carbocycles. The molecule has 0 N–H and O–H groups in total. The Morgan fingerprint density at radius 1 is 1.45 bits per heavy atom. The van der Waals surface area contributed by atoms with Crippen molar-refractivity contribution < 1.29 is 13.2 Å². The molecular weight excluding hydrogens is 155 g/mol. The van der Waals surface area contributed by atoms with E-state index in [4.69, 9.17) is 0 Å². The van der Waals surface area contributed by atoms with Gasteiger partial charge >= 0.3 is 0 Å². The van der Waals surface area contributed by atoms with Crippen LogP contribution in [0.4, 0.5) is 13.2 Å². The molecular formula is C7H12F3N. The zero-order valence-electron chi connectivity index (χ0n) is 6.43. The smallest absolute Gasteiger partial charge is 0.251 e. The summed E-state index contributed by atoms with van der Waals surface area (Å²) < 4.78 is 36.3. The predicted octanol–water partition coefficient (Wildman–Crippen LogP) is 1.54. The Kier molecular flexibility index (Phi) is 2.76. The van der Waals surface area contributed by atoms with Crippen LogP contribution in [-0.4, -0.2) is 37.1 Å². The van der Waals surface area contributed by atoms with Gasteiger partial charge in [0.25, 0.3) is 6.43 Å². The van der Waals surface area contributed by atoms with Gasteiger partial charge in [0.15, 0.2) is 0 Å². The van der Waals surface area contributed by atoms with Gasteiger partial charge in [-0.05, 0) is 0 Å². The molecule has 1 heterocycles. The van der Waals surface area contributed by atoms with Gasteiger partial charge in [0.2, 0.25) is 0 Å². The highest BCUT2D eigenvalue weighted by Crippen LogP contribution is 2.19. The number of hydrogen-bond donors (Lipinski definition) is 0. The van der Waals surface area contributed by atoms with E-state index < -0.39 is 12.6 Å². The Labute approximate surface area is 64.2 Å². The maximum Gasteiger partial charge on any atom is 0.251 e. The minimum atomic E-state index is -2.34. The minimum Gasteiger partial charge on any atom is -0.294 e. The third-order valence-electron chi connectivity index (χ3n) is 1.99. The highest BCUT2D eigenvalue weighted by atomic mass is 19.3. The summed E-state index contributed by atoms with van der Waals surface area (Å²) in [6.07, 6.45) is -3.26. The lowest BCUT2D eigenvalue weighted by molar-refractivity contribution is 0.0962. The molecule has 2 atom stereocenters. The molecule has 0 aliphatic carbocycles. The second-order valence-electron chi connectivity index (χ2n) is 3.10. The molecule has 0 amide bonds. The first-order valence-electron chi connectivity index (χ1n) is 3.74. The van der Waals surface area contributed by atoms with Crippen LogP contribution >= 0.6 is 0 Å². The van der Waals surface area contributed by atoms with E-state index in [2.05, 4.69) is 0 Å². The van der Waals surface area contributed by atoms with Crippen molar-refractivity contribution in [2.75, 3.05) is 19.6 Å². The van der Waals surface area contributed by atoms with Crippen molar-refractivity contribution in [2.45, 2.75) is 19.5 Å². The first-order chi connectivity index (χ1) is 5.09. The summed E-state index contributed by atoms with van der Waals surface area (Å²) in [6.45, 7) is 2.10. The average molecular weight is 167 g/mol. The fourth-order valence-corrected chi connectivity index (χ4v) is 1.37. The number of likely N-dealkylation sites (tertiary alicyclic amines) is 1. The zero-order valence-corrected chi connectivity index (χ0v) is 6.43. The molecule has 0 spiro atoms. The number of nitrogens with zero attached hydrogens (tertiary/aromatic N) is 1. The molecule has 1 nitrogen and oxygen atoms in total. The molecule has 0 saturated carbocycles. The van der Waals surface area contributed by atoms with Gasteiger partial charge in [-0.2, -0.15) is 0 Å². The molecule has 4 heteroatoms. The van der Waals surface area contributed by atoms with Gasteiger partial charge in [-0.25, -0.2) is 13.2 Å². The van der Waals surface area contributed by atoms with Crippen LogP contribution in [-0.2, 0) is 0 Å². The molecule has 1 saturated heterocycles. The quantitative estimate of drug-likeness (QED) is 0.603. The summed E-state index contributed by atoms with van der Waals surface area (Å²) in [5.74, 6) is -0.0891. The van der Waals surface area contributed by atoms with Gasteiger partial charge in [0.05, 0.1) is 6.54 Å².